The minimum Gasteiger partial charge on any atom is -0.461 e. The van der Waals surface area contributed by atoms with Gasteiger partial charge in [0.2, 0.25) is 0 Å². The van der Waals surface area contributed by atoms with E-state index in [0.29, 0.717) is 18.1 Å². The van der Waals surface area contributed by atoms with Crippen LogP contribution in [0.25, 0.3) is 0 Å². The summed E-state index contributed by atoms with van der Waals surface area (Å²) in [5, 5.41) is 4.08. The van der Waals surface area contributed by atoms with Crippen LogP contribution < -0.4 is 5.73 Å². The van der Waals surface area contributed by atoms with Crippen LogP contribution in [0.5, 0.6) is 0 Å². The first-order valence-electron chi connectivity index (χ1n) is 5.12. The van der Waals surface area contributed by atoms with Gasteiger partial charge in [-0.05, 0) is 20.3 Å². The fraction of sp³-hybridized carbons (Fsp3) is 0.600. The molecule has 0 aliphatic carbocycles. The molecule has 1 aromatic heterocycles. The number of esters is 1. The number of ether oxygens (including phenoxy) is 1. The standard InChI is InChI=1S/C10H17N3O2/c1-4-7(3)13-8(6-9(11)12-13)10(14)15-5-2/h6-7H,4-5H2,1-3H3,(H2,11,12)/t7-/m1/s1. The Bertz CT molecular complexity index is 346. The van der Waals surface area contributed by atoms with Gasteiger partial charge in [0.15, 0.2) is 0 Å². The van der Waals surface area contributed by atoms with Crippen LogP contribution in [-0.4, -0.2) is 22.4 Å². The Kier molecular flexibility index (Phi) is 3.71. The van der Waals surface area contributed by atoms with Crippen molar-refractivity contribution >= 4 is 11.8 Å². The van der Waals surface area contributed by atoms with E-state index in [4.69, 9.17) is 10.5 Å². The molecule has 0 aromatic carbocycles. The van der Waals surface area contributed by atoms with Crippen molar-refractivity contribution in [2.24, 2.45) is 0 Å². The minimum absolute atomic E-state index is 0.140. The fourth-order valence-electron chi connectivity index (χ4n) is 1.28. The second kappa shape index (κ2) is 4.82. The summed E-state index contributed by atoms with van der Waals surface area (Å²) in [6, 6.07) is 1.69. The molecule has 0 amide bonds. The molecule has 0 aliphatic rings. The number of hydrogen-bond donors (Lipinski definition) is 1. The lowest BCUT2D eigenvalue weighted by atomic mass is 10.2. The van der Waals surface area contributed by atoms with Crippen LogP contribution in [0.1, 0.15) is 43.7 Å². The van der Waals surface area contributed by atoms with Crippen LogP contribution in [0.3, 0.4) is 0 Å². The van der Waals surface area contributed by atoms with Crippen LogP contribution in [-0.2, 0) is 4.74 Å². The number of nitrogens with two attached hydrogens (primary N) is 1. The van der Waals surface area contributed by atoms with Gasteiger partial charge in [-0.25, -0.2) is 4.79 Å². The van der Waals surface area contributed by atoms with Crippen LogP contribution in [0.15, 0.2) is 6.07 Å². The van der Waals surface area contributed by atoms with Crippen LogP contribution in [0.2, 0.25) is 0 Å². The quantitative estimate of drug-likeness (QED) is 0.768. The Balaban J connectivity index is 3.00. The fourth-order valence-corrected chi connectivity index (χ4v) is 1.28. The third-order valence-electron chi connectivity index (χ3n) is 2.25. The molecule has 1 heterocycles. The summed E-state index contributed by atoms with van der Waals surface area (Å²) in [5.74, 6) is -0.0275. The number of rotatable bonds is 4. The topological polar surface area (TPSA) is 70.1 Å². The molecule has 1 aromatic rings. The molecule has 0 radical (unpaired) electrons. The van der Waals surface area contributed by atoms with Crippen molar-refractivity contribution in [3.8, 4) is 0 Å². The number of carbonyl (C=O) groups is 1. The molecular formula is C10H17N3O2. The molecule has 5 nitrogen and oxygen atoms in total. The van der Waals surface area contributed by atoms with Crippen molar-refractivity contribution in [1.82, 2.24) is 9.78 Å². The van der Waals surface area contributed by atoms with Gasteiger partial charge in [-0.1, -0.05) is 6.92 Å². The average molecular weight is 211 g/mol. The molecular weight excluding hydrogens is 194 g/mol. The largest absolute Gasteiger partial charge is 0.461 e. The van der Waals surface area contributed by atoms with Crippen molar-refractivity contribution < 1.29 is 9.53 Å². The zero-order valence-corrected chi connectivity index (χ0v) is 9.36. The smallest absolute Gasteiger partial charge is 0.356 e. The maximum Gasteiger partial charge on any atom is 0.356 e. The summed E-state index contributed by atoms with van der Waals surface area (Å²) in [4.78, 5) is 11.6. The van der Waals surface area contributed by atoms with Gasteiger partial charge in [-0.3, -0.25) is 4.68 Å². The van der Waals surface area contributed by atoms with E-state index in [1.54, 1.807) is 17.7 Å². The maximum atomic E-state index is 11.6. The lowest BCUT2D eigenvalue weighted by molar-refractivity contribution is 0.0509. The van der Waals surface area contributed by atoms with E-state index in [2.05, 4.69) is 5.10 Å². The van der Waals surface area contributed by atoms with Gasteiger partial charge >= 0.3 is 5.97 Å². The van der Waals surface area contributed by atoms with Crippen molar-refractivity contribution in [3.05, 3.63) is 11.8 Å². The molecule has 2 N–H and O–H groups in total. The molecule has 0 saturated carbocycles. The molecule has 5 heteroatoms. The predicted octanol–water partition coefficient (Wildman–Crippen LogP) is 1.61. The van der Waals surface area contributed by atoms with Gasteiger partial charge in [-0.2, -0.15) is 5.10 Å². The van der Waals surface area contributed by atoms with E-state index in [-0.39, 0.29) is 12.0 Å². The summed E-state index contributed by atoms with van der Waals surface area (Å²) in [6.45, 7) is 6.13. The molecule has 0 fully saturated rings. The van der Waals surface area contributed by atoms with Crippen molar-refractivity contribution in [1.29, 1.82) is 0 Å². The van der Waals surface area contributed by atoms with E-state index in [9.17, 15) is 4.79 Å². The number of hydrogen-bond acceptors (Lipinski definition) is 4. The van der Waals surface area contributed by atoms with E-state index >= 15 is 0 Å². The van der Waals surface area contributed by atoms with Crippen molar-refractivity contribution in [2.75, 3.05) is 12.3 Å². The van der Waals surface area contributed by atoms with E-state index in [1.165, 1.54) is 0 Å². The Labute approximate surface area is 89.2 Å². The molecule has 1 rings (SSSR count). The normalized spacial score (nSPS) is 12.5. The lowest BCUT2D eigenvalue weighted by Gasteiger charge is -2.12. The summed E-state index contributed by atoms with van der Waals surface area (Å²) >= 11 is 0. The number of anilines is 1. The second-order valence-electron chi connectivity index (χ2n) is 3.38. The molecule has 0 bridgehead atoms. The summed E-state index contributed by atoms with van der Waals surface area (Å²) in [7, 11) is 0. The molecule has 1 atom stereocenters. The monoisotopic (exact) mass is 211 g/mol. The summed E-state index contributed by atoms with van der Waals surface area (Å²) in [6.07, 6.45) is 0.882. The Morgan fingerprint density at radius 2 is 2.33 bits per heavy atom. The van der Waals surface area contributed by atoms with E-state index in [0.717, 1.165) is 6.42 Å². The van der Waals surface area contributed by atoms with Gasteiger partial charge < -0.3 is 10.5 Å². The van der Waals surface area contributed by atoms with E-state index in [1.807, 2.05) is 13.8 Å². The van der Waals surface area contributed by atoms with Gasteiger partial charge in [0, 0.05) is 12.1 Å². The molecule has 15 heavy (non-hydrogen) atoms. The third kappa shape index (κ3) is 2.49. The minimum atomic E-state index is -0.373. The Hall–Kier alpha value is -1.52. The Morgan fingerprint density at radius 1 is 1.67 bits per heavy atom. The first-order chi connectivity index (χ1) is 7.10. The number of nitrogens with zero attached hydrogens (tertiary/aromatic N) is 2. The molecule has 0 unspecified atom stereocenters. The number of nitrogen functional groups attached to an aromatic ring is 1. The average Bonchev–Trinajstić information content (AvgIpc) is 2.59. The highest BCUT2D eigenvalue weighted by molar-refractivity contribution is 5.88. The molecule has 0 saturated heterocycles. The predicted molar refractivity (Wildman–Crippen MR) is 57.6 cm³/mol. The highest BCUT2D eigenvalue weighted by atomic mass is 16.5. The van der Waals surface area contributed by atoms with Crippen molar-refractivity contribution in [3.63, 3.8) is 0 Å². The number of carbonyl (C=O) groups excluding carboxylic acids is 1. The van der Waals surface area contributed by atoms with Gasteiger partial charge in [-0.15, -0.1) is 0 Å². The number of aromatic nitrogens is 2. The van der Waals surface area contributed by atoms with Crippen LogP contribution >= 0.6 is 0 Å². The lowest BCUT2D eigenvalue weighted by Crippen LogP contribution is -2.16. The SMILES string of the molecule is CCOC(=O)c1cc(N)nn1[C@H](C)CC. The van der Waals surface area contributed by atoms with Gasteiger partial charge in [0.1, 0.15) is 11.5 Å². The second-order valence-corrected chi connectivity index (χ2v) is 3.38. The van der Waals surface area contributed by atoms with Gasteiger partial charge in [0.25, 0.3) is 0 Å². The maximum absolute atomic E-state index is 11.6. The van der Waals surface area contributed by atoms with Crippen LogP contribution in [0.4, 0.5) is 5.82 Å². The molecule has 84 valence electrons. The zero-order valence-electron chi connectivity index (χ0n) is 9.36. The first kappa shape index (κ1) is 11.6. The third-order valence-corrected chi connectivity index (χ3v) is 2.25. The molecule has 0 aliphatic heterocycles. The summed E-state index contributed by atoms with van der Waals surface area (Å²) < 4.78 is 6.54. The van der Waals surface area contributed by atoms with Gasteiger partial charge in [0.05, 0.1) is 6.61 Å². The summed E-state index contributed by atoms with van der Waals surface area (Å²) in [5.41, 5.74) is 5.99. The van der Waals surface area contributed by atoms with E-state index < -0.39 is 0 Å². The zero-order chi connectivity index (χ0) is 11.4. The van der Waals surface area contributed by atoms with Crippen LogP contribution in [0, 0.1) is 0 Å². The highest BCUT2D eigenvalue weighted by Gasteiger charge is 2.18. The Morgan fingerprint density at radius 3 is 2.87 bits per heavy atom. The van der Waals surface area contributed by atoms with Crippen molar-refractivity contribution in [2.45, 2.75) is 33.2 Å². The molecule has 0 spiro atoms. The highest BCUT2D eigenvalue weighted by Crippen LogP contribution is 2.16. The first-order valence-corrected chi connectivity index (χ1v) is 5.12.